The molecule has 3 aromatic rings. The Labute approximate surface area is 216 Å². The standard InChI is InChI=1S/C30H30N2O5/c1-19-16-22-17-21(12-13-25(22)36-19)28(33)26-27(32(15-14-31(2)3)30(35)29(26)34)20-8-7-11-24(18-20)37-23-9-5-4-6-10-23/h4-13,17-19,27,33H,14-16H2,1-3H3/b28-26+. The Hall–Kier alpha value is -4.10. The van der Waals surface area contributed by atoms with Gasteiger partial charge in [0, 0.05) is 25.1 Å². The van der Waals surface area contributed by atoms with Crippen molar-refractivity contribution in [1.29, 1.82) is 0 Å². The van der Waals surface area contributed by atoms with Crippen molar-refractivity contribution in [3.05, 3.63) is 95.1 Å². The molecule has 0 bridgehead atoms. The van der Waals surface area contributed by atoms with Crippen LogP contribution in [0, 0.1) is 0 Å². The van der Waals surface area contributed by atoms with E-state index in [-0.39, 0.29) is 17.4 Å². The molecule has 190 valence electrons. The van der Waals surface area contributed by atoms with Crippen LogP contribution in [0.15, 0.2) is 78.4 Å². The minimum atomic E-state index is -0.747. The molecule has 7 heteroatoms. The first-order valence-corrected chi connectivity index (χ1v) is 12.4. The number of carbonyl (C=O) groups is 2. The molecule has 2 heterocycles. The van der Waals surface area contributed by atoms with E-state index < -0.39 is 17.7 Å². The Morgan fingerprint density at radius 1 is 1.03 bits per heavy atom. The Morgan fingerprint density at radius 2 is 1.78 bits per heavy atom. The lowest BCUT2D eigenvalue weighted by atomic mass is 9.94. The van der Waals surface area contributed by atoms with Crippen LogP contribution in [0.4, 0.5) is 0 Å². The minimum absolute atomic E-state index is 0.0522. The van der Waals surface area contributed by atoms with Crippen molar-refractivity contribution >= 4 is 17.4 Å². The van der Waals surface area contributed by atoms with Crippen LogP contribution in [0.25, 0.3) is 5.76 Å². The lowest BCUT2D eigenvalue weighted by Gasteiger charge is -2.27. The summed E-state index contributed by atoms with van der Waals surface area (Å²) < 4.78 is 11.8. The van der Waals surface area contributed by atoms with Crippen molar-refractivity contribution in [2.24, 2.45) is 0 Å². The van der Waals surface area contributed by atoms with E-state index >= 15 is 0 Å². The van der Waals surface area contributed by atoms with E-state index in [1.807, 2.05) is 86.6 Å². The molecule has 3 aromatic carbocycles. The van der Waals surface area contributed by atoms with E-state index in [0.717, 1.165) is 17.7 Å². The van der Waals surface area contributed by atoms with Crippen LogP contribution in [0.5, 0.6) is 17.2 Å². The smallest absolute Gasteiger partial charge is 0.295 e. The first kappa shape index (κ1) is 24.6. The summed E-state index contributed by atoms with van der Waals surface area (Å²) >= 11 is 0. The van der Waals surface area contributed by atoms with Gasteiger partial charge in [-0.15, -0.1) is 0 Å². The van der Waals surface area contributed by atoms with Gasteiger partial charge in [0.1, 0.15) is 29.1 Å². The highest BCUT2D eigenvalue weighted by Crippen LogP contribution is 2.41. The van der Waals surface area contributed by atoms with Crippen LogP contribution in [0.2, 0.25) is 0 Å². The number of ketones is 1. The highest BCUT2D eigenvalue weighted by atomic mass is 16.5. The predicted molar refractivity (Wildman–Crippen MR) is 141 cm³/mol. The zero-order valence-corrected chi connectivity index (χ0v) is 21.2. The van der Waals surface area contributed by atoms with Crippen molar-refractivity contribution in [2.75, 3.05) is 27.2 Å². The predicted octanol–water partition coefficient (Wildman–Crippen LogP) is 4.79. The third kappa shape index (κ3) is 4.95. The molecular formula is C30H30N2O5. The molecule has 2 aliphatic heterocycles. The Balaban J connectivity index is 1.58. The molecule has 0 spiro atoms. The zero-order chi connectivity index (χ0) is 26.1. The monoisotopic (exact) mass is 498 g/mol. The fraction of sp³-hybridized carbons (Fsp3) is 0.267. The number of likely N-dealkylation sites (N-methyl/N-ethyl adjacent to an activating group) is 1. The zero-order valence-electron chi connectivity index (χ0n) is 21.2. The maximum Gasteiger partial charge on any atom is 0.295 e. The van der Waals surface area contributed by atoms with Gasteiger partial charge in [0.05, 0.1) is 11.6 Å². The van der Waals surface area contributed by atoms with Gasteiger partial charge in [0.15, 0.2) is 0 Å². The number of aliphatic hydroxyl groups is 1. The number of rotatable bonds is 7. The molecule has 37 heavy (non-hydrogen) atoms. The molecule has 0 radical (unpaired) electrons. The van der Waals surface area contributed by atoms with Crippen molar-refractivity contribution in [3.63, 3.8) is 0 Å². The van der Waals surface area contributed by atoms with Crippen LogP contribution in [0.3, 0.4) is 0 Å². The molecule has 0 saturated carbocycles. The second kappa shape index (κ2) is 10.1. The van der Waals surface area contributed by atoms with E-state index in [4.69, 9.17) is 9.47 Å². The van der Waals surface area contributed by atoms with Crippen LogP contribution in [-0.2, 0) is 16.0 Å². The van der Waals surface area contributed by atoms with Crippen molar-refractivity contribution in [3.8, 4) is 17.2 Å². The highest BCUT2D eigenvalue weighted by molar-refractivity contribution is 6.46. The van der Waals surface area contributed by atoms with Gasteiger partial charge >= 0.3 is 0 Å². The number of Topliss-reactive ketones (excluding diaryl/α,β-unsaturated/α-hetero) is 1. The number of benzene rings is 3. The van der Waals surface area contributed by atoms with Gasteiger partial charge in [-0.2, -0.15) is 0 Å². The molecule has 1 fully saturated rings. The number of aliphatic hydroxyl groups excluding tert-OH is 1. The van der Waals surface area contributed by atoms with Gasteiger partial charge in [-0.25, -0.2) is 0 Å². The largest absolute Gasteiger partial charge is 0.507 e. The number of fused-ring (bicyclic) bond motifs is 1. The first-order chi connectivity index (χ1) is 17.8. The average molecular weight is 499 g/mol. The summed E-state index contributed by atoms with van der Waals surface area (Å²) in [6.45, 7) is 2.89. The number of hydrogen-bond donors (Lipinski definition) is 1. The summed E-state index contributed by atoms with van der Waals surface area (Å²) in [4.78, 5) is 30.0. The molecule has 1 N–H and O–H groups in total. The van der Waals surface area contributed by atoms with Gasteiger partial charge in [-0.05, 0) is 74.6 Å². The third-order valence-corrected chi connectivity index (χ3v) is 6.65. The van der Waals surface area contributed by atoms with Gasteiger partial charge in [0.2, 0.25) is 0 Å². The molecule has 2 atom stereocenters. The normalized spacial score (nSPS) is 20.3. The molecule has 1 amide bonds. The number of likely N-dealkylation sites (tertiary alicyclic amines) is 1. The van der Waals surface area contributed by atoms with Gasteiger partial charge in [-0.3, -0.25) is 9.59 Å². The Bertz CT molecular complexity index is 1370. The Morgan fingerprint density at radius 3 is 2.54 bits per heavy atom. The van der Waals surface area contributed by atoms with E-state index in [1.54, 1.807) is 12.1 Å². The highest BCUT2D eigenvalue weighted by Gasteiger charge is 2.46. The van der Waals surface area contributed by atoms with E-state index in [0.29, 0.717) is 35.7 Å². The van der Waals surface area contributed by atoms with E-state index in [9.17, 15) is 14.7 Å². The summed E-state index contributed by atoms with van der Waals surface area (Å²) in [7, 11) is 3.82. The second-order valence-corrected chi connectivity index (χ2v) is 9.74. The maximum atomic E-state index is 13.3. The molecule has 7 nitrogen and oxygen atoms in total. The molecule has 1 saturated heterocycles. The van der Waals surface area contributed by atoms with Crippen LogP contribution < -0.4 is 9.47 Å². The van der Waals surface area contributed by atoms with Gasteiger partial charge < -0.3 is 24.4 Å². The van der Waals surface area contributed by atoms with Gasteiger partial charge in [-0.1, -0.05) is 30.3 Å². The molecule has 2 aliphatic rings. The van der Waals surface area contributed by atoms with Crippen molar-refractivity contribution < 1.29 is 24.2 Å². The van der Waals surface area contributed by atoms with Crippen molar-refractivity contribution in [1.82, 2.24) is 9.80 Å². The summed E-state index contributed by atoms with van der Waals surface area (Å²) in [5.41, 5.74) is 2.22. The quantitative estimate of drug-likeness (QED) is 0.287. The molecule has 0 aromatic heterocycles. The van der Waals surface area contributed by atoms with Crippen LogP contribution in [0.1, 0.15) is 29.7 Å². The van der Waals surface area contributed by atoms with Crippen LogP contribution in [-0.4, -0.2) is 59.9 Å². The van der Waals surface area contributed by atoms with Crippen LogP contribution >= 0.6 is 0 Å². The minimum Gasteiger partial charge on any atom is -0.507 e. The molecule has 5 rings (SSSR count). The lowest BCUT2D eigenvalue weighted by molar-refractivity contribution is -0.140. The summed E-state index contributed by atoms with van der Waals surface area (Å²) in [6, 6.07) is 21.3. The third-order valence-electron chi connectivity index (χ3n) is 6.65. The van der Waals surface area contributed by atoms with E-state index in [2.05, 4.69) is 0 Å². The summed E-state index contributed by atoms with van der Waals surface area (Å²) in [6.07, 6.45) is 0.770. The molecule has 2 unspecified atom stereocenters. The number of carbonyl (C=O) groups excluding carboxylic acids is 2. The summed E-state index contributed by atoms with van der Waals surface area (Å²) in [5, 5.41) is 11.4. The SMILES string of the molecule is CC1Cc2cc(/C(O)=C3\C(=O)C(=O)N(CCN(C)C)C3c3cccc(Oc4ccccc4)c3)ccc2O1. The Kier molecular flexibility index (Phi) is 6.72. The van der Waals surface area contributed by atoms with E-state index in [1.165, 1.54) is 4.90 Å². The van der Waals surface area contributed by atoms with Gasteiger partial charge in [0.25, 0.3) is 11.7 Å². The lowest BCUT2D eigenvalue weighted by Crippen LogP contribution is -2.35. The fourth-order valence-electron chi connectivity index (χ4n) is 4.86. The summed E-state index contributed by atoms with van der Waals surface area (Å²) in [5.74, 6) is 0.522. The number of ether oxygens (including phenoxy) is 2. The average Bonchev–Trinajstić information content (AvgIpc) is 3.38. The molecule has 0 aliphatic carbocycles. The van der Waals surface area contributed by atoms with Crippen molar-refractivity contribution in [2.45, 2.75) is 25.5 Å². The number of para-hydroxylation sites is 1. The number of nitrogens with zero attached hydrogens (tertiary/aromatic N) is 2. The first-order valence-electron chi connectivity index (χ1n) is 12.4. The number of amides is 1. The maximum absolute atomic E-state index is 13.3. The second-order valence-electron chi connectivity index (χ2n) is 9.74. The number of hydrogen-bond acceptors (Lipinski definition) is 6. The fourth-order valence-corrected chi connectivity index (χ4v) is 4.86. The topological polar surface area (TPSA) is 79.3 Å². The molecular weight excluding hydrogens is 468 g/mol.